The van der Waals surface area contributed by atoms with E-state index in [4.69, 9.17) is 15.9 Å². The summed E-state index contributed by atoms with van der Waals surface area (Å²) < 4.78 is 0. The van der Waals surface area contributed by atoms with Gasteiger partial charge < -0.3 is 26.6 Å². The lowest BCUT2D eigenvalue weighted by Crippen LogP contribution is -2.39. The first kappa shape index (κ1) is 20.2. The largest absolute Gasteiger partial charge is 0.480 e. The number of hydrogen-bond acceptors (Lipinski definition) is 5. The van der Waals surface area contributed by atoms with Gasteiger partial charge in [-0.3, -0.25) is 19.2 Å². The first-order chi connectivity index (χ1) is 9.32. The van der Waals surface area contributed by atoms with E-state index in [1.807, 2.05) is 19.2 Å². The second-order valence-electron chi connectivity index (χ2n) is 3.43. The van der Waals surface area contributed by atoms with Crippen molar-refractivity contribution >= 4 is 23.8 Å². The van der Waals surface area contributed by atoms with Crippen LogP contribution >= 0.6 is 0 Å². The van der Waals surface area contributed by atoms with Gasteiger partial charge in [0.05, 0.1) is 6.54 Å². The maximum atomic E-state index is 11.2. The average molecular weight is 291 g/mol. The van der Waals surface area contributed by atoms with Crippen molar-refractivity contribution in [2.45, 2.75) is 32.7 Å². The molecule has 0 aromatic carbocycles. The second kappa shape index (κ2) is 11.9. The summed E-state index contributed by atoms with van der Waals surface area (Å²) in [7, 11) is 0. The summed E-state index contributed by atoms with van der Waals surface area (Å²) >= 11 is 0. The molecule has 0 radical (unpaired) electrons. The van der Waals surface area contributed by atoms with Crippen LogP contribution in [0, 0.1) is 0 Å². The molecule has 0 aliphatic carbocycles. The molecule has 0 spiro atoms. The molecule has 9 nitrogen and oxygen atoms in total. The van der Waals surface area contributed by atoms with Crippen molar-refractivity contribution in [1.82, 2.24) is 10.6 Å². The van der Waals surface area contributed by atoms with Gasteiger partial charge in [-0.05, 0) is 6.42 Å². The summed E-state index contributed by atoms with van der Waals surface area (Å²) in [6.07, 6.45) is -0.169. The topological polar surface area (TPSA) is 159 Å². The quantitative estimate of drug-likeness (QED) is 0.364. The molecule has 0 fully saturated rings. The van der Waals surface area contributed by atoms with Crippen molar-refractivity contribution < 1.29 is 29.4 Å². The van der Waals surface area contributed by atoms with Crippen LogP contribution in [0.4, 0.5) is 0 Å². The fourth-order valence-corrected chi connectivity index (χ4v) is 0.914. The summed E-state index contributed by atoms with van der Waals surface area (Å²) in [6, 6.07) is -1.13. The van der Waals surface area contributed by atoms with Gasteiger partial charge in [0, 0.05) is 6.42 Å². The Kier molecular flexibility index (Phi) is 12.0. The molecule has 9 heteroatoms. The van der Waals surface area contributed by atoms with Gasteiger partial charge >= 0.3 is 11.9 Å². The van der Waals surface area contributed by atoms with E-state index in [1.165, 1.54) is 0 Å². The molecule has 0 aliphatic heterocycles. The van der Waals surface area contributed by atoms with E-state index in [-0.39, 0.29) is 19.4 Å². The van der Waals surface area contributed by atoms with Crippen molar-refractivity contribution in [3.8, 4) is 0 Å². The maximum Gasteiger partial charge on any atom is 0.322 e. The maximum absolute atomic E-state index is 11.2. The average Bonchev–Trinajstić information content (AvgIpc) is 2.42. The van der Waals surface area contributed by atoms with E-state index < -0.39 is 36.3 Å². The first-order valence-corrected chi connectivity index (χ1v) is 6.06. The fourth-order valence-electron chi connectivity index (χ4n) is 0.914. The minimum Gasteiger partial charge on any atom is -0.480 e. The summed E-state index contributed by atoms with van der Waals surface area (Å²) in [5.74, 6) is -3.57. The minimum atomic E-state index is -1.21. The Hall–Kier alpha value is -2.16. The van der Waals surface area contributed by atoms with Gasteiger partial charge in [0.1, 0.15) is 12.6 Å². The standard InChI is InChI=1S/C9H15N3O6.C2H6/c10-5(9(17)18)1-2-6(13)11-3-7(14)12-4-8(15)16;1-2/h5H,1-4,10H2,(H,11,13)(H,12,14)(H,15,16)(H,17,18);1-2H3. The van der Waals surface area contributed by atoms with Gasteiger partial charge in [-0.1, -0.05) is 13.8 Å². The van der Waals surface area contributed by atoms with Gasteiger partial charge in [-0.15, -0.1) is 0 Å². The van der Waals surface area contributed by atoms with Crippen LogP contribution in [-0.2, 0) is 19.2 Å². The molecule has 116 valence electrons. The third-order valence-electron chi connectivity index (χ3n) is 1.88. The Morgan fingerprint density at radius 1 is 1.00 bits per heavy atom. The third-order valence-corrected chi connectivity index (χ3v) is 1.88. The van der Waals surface area contributed by atoms with E-state index in [0.29, 0.717) is 0 Å². The van der Waals surface area contributed by atoms with Crippen molar-refractivity contribution in [1.29, 1.82) is 0 Å². The summed E-state index contributed by atoms with van der Waals surface area (Å²) in [6.45, 7) is 3.10. The second-order valence-corrected chi connectivity index (χ2v) is 3.43. The van der Waals surface area contributed by atoms with Gasteiger partial charge in [-0.25, -0.2) is 0 Å². The van der Waals surface area contributed by atoms with E-state index in [2.05, 4.69) is 5.32 Å². The number of carboxylic acids is 2. The number of carbonyl (C=O) groups excluding carboxylic acids is 2. The van der Waals surface area contributed by atoms with Gasteiger partial charge in [0.15, 0.2) is 0 Å². The molecule has 0 saturated carbocycles. The van der Waals surface area contributed by atoms with Crippen LogP contribution in [0.5, 0.6) is 0 Å². The van der Waals surface area contributed by atoms with Gasteiger partial charge in [0.2, 0.25) is 11.8 Å². The number of amides is 2. The van der Waals surface area contributed by atoms with Crippen LogP contribution in [-0.4, -0.2) is 53.1 Å². The molecule has 6 N–H and O–H groups in total. The van der Waals surface area contributed by atoms with Gasteiger partial charge in [0.25, 0.3) is 0 Å². The highest BCUT2D eigenvalue weighted by molar-refractivity contribution is 5.86. The van der Waals surface area contributed by atoms with Crippen LogP contribution in [0.15, 0.2) is 0 Å². The van der Waals surface area contributed by atoms with Crippen LogP contribution in [0.1, 0.15) is 26.7 Å². The minimum absolute atomic E-state index is 0.0437. The molecule has 0 aromatic rings. The predicted octanol–water partition coefficient (Wildman–Crippen LogP) is -1.48. The summed E-state index contributed by atoms with van der Waals surface area (Å²) in [5, 5.41) is 21.0. The molecule has 0 rings (SSSR count). The van der Waals surface area contributed by atoms with Gasteiger partial charge in [-0.2, -0.15) is 0 Å². The Morgan fingerprint density at radius 2 is 1.50 bits per heavy atom. The molecule has 1 unspecified atom stereocenters. The summed E-state index contributed by atoms with van der Waals surface area (Å²) in [5.41, 5.74) is 5.18. The monoisotopic (exact) mass is 291 g/mol. The molecule has 0 aliphatic rings. The van der Waals surface area contributed by atoms with Crippen LogP contribution in [0.3, 0.4) is 0 Å². The number of carboxylic acid groups (broad SMARTS) is 2. The number of nitrogens with two attached hydrogens (primary N) is 1. The zero-order chi connectivity index (χ0) is 16.1. The zero-order valence-corrected chi connectivity index (χ0v) is 11.5. The normalized spacial score (nSPS) is 10.6. The van der Waals surface area contributed by atoms with E-state index in [0.717, 1.165) is 0 Å². The van der Waals surface area contributed by atoms with Crippen molar-refractivity contribution in [3.63, 3.8) is 0 Å². The molecule has 0 bridgehead atoms. The van der Waals surface area contributed by atoms with Crippen molar-refractivity contribution in [2.75, 3.05) is 13.1 Å². The smallest absolute Gasteiger partial charge is 0.322 e. The van der Waals surface area contributed by atoms with Crippen LogP contribution in [0.2, 0.25) is 0 Å². The number of nitrogens with one attached hydrogen (secondary N) is 2. The highest BCUT2D eigenvalue weighted by Crippen LogP contribution is 1.94. The fraction of sp³-hybridized carbons (Fsp3) is 0.636. The molecule has 2 amide bonds. The number of aliphatic carboxylic acids is 2. The first-order valence-electron chi connectivity index (χ1n) is 6.06. The molecular weight excluding hydrogens is 270 g/mol. The number of carbonyl (C=O) groups is 4. The van der Waals surface area contributed by atoms with E-state index in [1.54, 1.807) is 0 Å². The lowest BCUT2D eigenvalue weighted by atomic mass is 10.1. The number of rotatable bonds is 8. The SMILES string of the molecule is CC.NC(CCC(=O)NCC(=O)NCC(=O)O)C(=O)O. The Labute approximate surface area is 116 Å². The molecule has 0 saturated heterocycles. The Morgan fingerprint density at radius 3 is 1.95 bits per heavy atom. The third kappa shape index (κ3) is 12.3. The van der Waals surface area contributed by atoms with Crippen molar-refractivity contribution in [3.05, 3.63) is 0 Å². The highest BCUT2D eigenvalue weighted by atomic mass is 16.4. The van der Waals surface area contributed by atoms with Crippen molar-refractivity contribution in [2.24, 2.45) is 5.73 Å². The lowest BCUT2D eigenvalue weighted by Gasteiger charge is -2.07. The molecule has 0 heterocycles. The van der Waals surface area contributed by atoms with E-state index >= 15 is 0 Å². The summed E-state index contributed by atoms with van der Waals surface area (Å²) in [4.78, 5) is 42.6. The zero-order valence-electron chi connectivity index (χ0n) is 11.5. The molecule has 0 aromatic heterocycles. The molecular formula is C11H21N3O6. The highest BCUT2D eigenvalue weighted by Gasteiger charge is 2.13. The Bertz CT molecular complexity index is 345. The predicted molar refractivity (Wildman–Crippen MR) is 69.8 cm³/mol. The van der Waals surface area contributed by atoms with Crippen LogP contribution < -0.4 is 16.4 Å². The Balaban J connectivity index is 0. The van der Waals surface area contributed by atoms with Crippen LogP contribution in [0.25, 0.3) is 0 Å². The number of hydrogen-bond donors (Lipinski definition) is 5. The molecule has 20 heavy (non-hydrogen) atoms. The lowest BCUT2D eigenvalue weighted by molar-refractivity contribution is -0.139. The van der Waals surface area contributed by atoms with E-state index in [9.17, 15) is 19.2 Å². The molecule has 1 atom stereocenters.